The molecule has 0 aliphatic rings. The van der Waals surface area contributed by atoms with Crippen molar-refractivity contribution < 1.29 is 24.5 Å². The molecule has 3 atom stereocenters. The van der Waals surface area contributed by atoms with Gasteiger partial charge in [-0.3, -0.25) is 14.6 Å². The minimum absolute atomic E-state index is 0.0392. The number of carbonyl (C=O) groups is 2. The Morgan fingerprint density at radius 1 is 1.23 bits per heavy atom. The third-order valence-corrected chi connectivity index (χ3v) is 5.85. The van der Waals surface area contributed by atoms with Crippen LogP contribution < -0.4 is 5.73 Å². The van der Waals surface area contributed by atoms with Gasteiger partial charge in [0, 0.05) is 17.8 Å². The van der Waals surface area contributed by atoms with Crippen molar-refractivity contribution in [2.45, 2.75) is 86.5 Å². The number of ether oxygens (including phenoxy) is 1. The van der Waals surface area contributed by atoms with E-state index in [9.17, 15) is 9.59 Å². The van der Waals surface area contributed by atoms with Gasteiger partial charge in [-0.25, -0.2) is 5.26 Å². The van der Waals surface area contributed by atoms with Gasteiger partial charge in [-0.2, -0.15) is 0 Å². The number of ketones is 1. The Kier molecular flexibility index (Phi) is 14.1. The molecule has 0 aromatic rings. The number of nitrogens with two attached hydrogens (primary N) is 1. The Labute approximate surface area is 188 Å². The predicted molar refractivity (Wildman–Crippen MR) is 125 cm³/mol. The van der Waals surface area contributed by atoms with E-state index in [4.69, 9.17) is 15.7 Å². The van der Waals surface area contributed by atoms with Crippen molar-refractivity contribution in [3.8, 4) is 0 Å². The average Bonchev–Trinajstić information content (AvgIpc) is 2.75. The topological polar surface area (TPSA) is 111 Å². The Hall–Kier alpha value is -1.89. The highest BCUT2D eigenvalue weighted by atomic mass is 17.1. The molecule has 0 aromatic heterocycles. The SMILES string of the molecule is C=C(CN=C(N)C(C)(C)CC(CC(C)C(=O)OCC(CC)CCCC)C(=O)CC)OO. The number of esters is 1. The second-order valence-corrected chi connectivity index (χ2v) is 9.12. The molecule has 0 fully saturated rings. The lowest BCUT2D eigenvalue weighted by atomic mass is 9.76. The van der Waals surface area contributed by atoms with Gasteiger partial charge in [0.15, 0.2) is 5.76 Å². The van der Waals surface area contributed by atoms with Gasteiger partial charge >= 0.3 is 5.97 Å². The molecule has 0 aliphatic heterocycles. The van der Waals surface area contributed by atoms with Crippen LogP contribution in [0.3, 0.4) is 0 Å². The lowest BCUT2D eigenvalue weighted by Crippen LogP contribution is -2.36. The van der Waals surface area contributed by atoms with Crippen LogP contribution in [0.25, 0.3) is 0 Å². The van der Waals surface area contributed by atoms with E-state index in [1.54, 1.807) is 0 Å². The molecule has 180 valence electrons. The highest BCUT2D eigenvalue weighted by molar-refractivity contribution is 5.87. The second kappa shape index (κ2) is 15.0. The molecule has 0 bridgehead atoms. The number of rotatable bonds is 17. The minimum Gasteiger partial charge on any atom is -0.465 e. The maximum absolute atomic E-state index is 12.6. The molecule has 0 amide bonds. The smallest absolute Gasteiger partial charge is 0.308 e. The Morgan fingerprint density at radius 2 is 1.87 bits per heavy atom. The molecule has 0 heterocycles. The van der Waals surface area contributed by atoms with Crippen molar-refractivity contribution in [2.75, 3.05) is 13.2 Å². The maximum Gasteiger partial charge on any atom is 0.308 e. The van der Waals surface area contributed by atoms with Gasteiger partial charge in [-0.1, -0.05) is 67.4 Å². The van der Waals surface area contributed by atoms with E-state index in [1.807, 2.05) is 27.7 Å². The van der Waals surface area contributed by atoms with Crippen LogP contribution in [0.5, 0.6) is 0 Å². The van der Waals surface area contributed by atoms with Crippen molar-refractivity contribution in [3.63, 3.8) is 0 Å². The number of carbonyl (C=O) groups excluding carboxylic acids is 2. The van der Waals surface area contributed by atoms with Gasteiger partial charge in [0.2, 0.25) is 0 Å². The molecule has 31 heavy (non-hydrogen) atoms. The molecule has 0 rings (SSSR count). The largest absolute Gasteiger partial charge is 0.465 e. The molecule has 0 saturated heterocycles. The summed E-state index contributed by atoms with van der Waals surface area (Å²) in [6.07, 6.45) is 5.59. The summed E-state index contributed by atoms with van der Waals surface area (Å²) in [5.41, 5.74) is 5.57. The van der Waals surface area contributed by atoms with Crippen molar-refractivity contribution in [1.29, 1.82) is 0 Å². The van der Waals surface area contributed by atoms with E-state index in [1.165, 1.54) is 0 Å². The van der Waals surface area contributed by atoms with Crippen LogP contribution >= 0.6 is 0 Å². The molecular formula is C24H44N2O5. The van der Waals surface area contributed by atoms with E-state index >= 15 is 0 Å². The zero-order chi connectivity index (χ0) is 24.0. The first-order valence-corrected chi connectivity index (χ1v) is 11.5. The fourth-order valence-electron chi connectivity index (χ4n) is 3.52. The maximum atomic E-state index is 12.6. The Bertz CT molecular complexity index is 601. The number of unbranched alkanes of at least 4 members (excludes halogenated alkanes) is 1. The molecule has 0 aromatic carbocycles. The molecule has 0 spiro atoms. The van der Waals surface area contributed by atoms with Crippen molar-refractivity contribution >= 4 is 17.6 Å². The molecule has 7 nitrogen and oxygen atoms in total. The van der Waals surface area contributed by atoms with E-state index in [0.29, 0.717) is 37.6 Å². The summed E-state index contributed by atoms with van der Waals surface area (Å²) in [5, 5.41) is 8.59. The van der Waals surface area contributed by atoms with E-state index in [0.717, 1.165) is 25.7 Å². The van der Waals surface area contributed by atoms with Crippen LogP contribution in [0, 0.1) is 23.2 Å². The van der Waals surface area contributed by atoms with Gasteiger partial charge in [0.25, 0.3) is 0 Å². The third-order valence-electron chi connectivity index (χ3n) is 5.85. The van der Waals surface area contributed by atoms with Gasteiger partial charge < -0.3 is 15.4 Å². The lowest BCUT2D eigenvalue weighted by Gasteiger charge is -2.30. The van der Waals surface area contributed by atoms with Gasteiger partial charge in [0.05, 0.1) is 18.4 Å². The predicted octanol–water partition coefficient (Wildman–Crippen LogP) is 5.14. The molecule has 3 unspecified atom stereocenters. The van der Waals surface area contributed by atoms with Crippen molar-refractivity contribution in [2.24, 2.45) is 33.9 Å². The Morgan fingerprint density at radius 3 is 2.39 bits per heavy atom. The molecule has 0 radical (unpaired) electrons. The summed E-state index contributed by atoms with van der Waals surface area (Å²) in [4.78, 5) is 33.4. The summed E-state index contributed by atoms with van der Waals surface area (Å²) in [5.74, 6) is -0.0389. The first kappa shape index (κ1) is 29.1. The average molecular weight is 441 g/mol. The number of aliphatic imine (C=N–C) groups is 1. The van der Waals surface area contributed by atoms with E-state index in [2.05, 4.69) is 30.3 Å². The summed E-state index contributed by atoms with van der Waals surface area (Å²) in [7, 11) is 0. The van der Waals surface area contributed by atoms with Gasteiger partial charge in [0.1, 0.15) is 12.3 Å². The monoisotopic (exact) mass is 440 g/mol. The zero-order valence-corrected chi connectivity index (χ0v) is 20.4. The molecule has 0 aliphatic carbocycles. The Balaban J connectivity index is 5.06. The lowest BCUT2D eigenvalue weighted by molar-refractivity contribution is -0.202. The molecule has 7 heteroatoms. The van der Waals surface area contributed by atoms with Gasteiger partial charge in [-0.05, 0) is 25.2 Å². The van der Waals surface area contributed by atoms with Crippen LogP contribution in [0.1, 0.15) is 86.5 Å². The van der Waals surface area contributed by atoms with Gasteiger partial charge in [-0.15, -0.1) is 0 Å². The van der Waals surface area contributed by atoms with E-state index < -0.39 is 5.41 Å². The number of Topliss-reactive ketones (excluding diaryl/α,β-unsaturated/α-hetero) is 1. The molecule has 3 N–H and O–H groups in total. The van der Waals surface area contributed by atoms with E-state index in [-0.39, 0.29) is 35.9 Å². The highest BCUT2D eigenvalue weighted by Gasteiger charge is 2.33. The second-order valence-electron chi connectivity index (χ2n) is 9.12. The highest BCUT2D eigenvalue weighted by Crippen LogP contribution is 2.31. The van der Waals surface area contributed by atoms with Crippen LogP contribution in [0.4, 0.5) is 0 Å². The van der Waals surface area contributed by atoms with Crippen LogP contribution in [-0.4, -0.2) is 36.0 Å². The zero-order valence-electron chi connectivity index (χ0n) is 20.4. The van der Waals surface area contributed by atoms with Crippen molar-refractivity contribution in [3.05, 3.63) is 12.3 Å². The summed E-state index contributed by atoms with van der Waals surface area (Å²) in [6, 6.07) is 0. The first-order valence-electron chi connectivity index (χ1n) is 11.5. The quantitative estimate of drug-likeness (QED) is 0.0808. The number of amidine groups is 1. The van der Waals surface area contributed by atoms with Crippen LogP contribution in [0.15, 0.2) is 17.3 Å². The molecular weight excluding hydrogens is 396 g/mol. The summed E-state index contributed by atoms with van der Waals surface area (Å²) < 4.78 is 5.58. The standard InChI is InChI=1S/C24H44N2O5/c1-8-11-12-19(9-2)16-30-22(28)17(4)13-20(21(27)10-3)14-24(6,7)23(25)26-15-18(5)31-29/h17,19-20,29H,5,8-16H2,1-4,6-7H3,(H2,25,26). The van der Waals surface area contributed by atoms with Crippen molar-refractivity contribution in [1.82, 2.24) is 0 Å². The fraction of sp³-hybridized carbons (Fsp3) is 0.792. The van der Waals surface area contributed by atoms with Crippen LogP contribution in [0.2, 0.25) is 0 Å². The summed E-state index contributed by atoms with van der Waals surface area (Å²) >= 11 is 0. The molecule has 0 saturated carbocycles. The number of hydrogen-bond acceptors (Lipinski definition) is 6. The minimum atomic E-state index is -0.567. The number of hydrogen-bond donors (Lipinski definition) is 2. The number of nitrogens with zero attached hydrogens (tertiary/aromatic N) is 1. The normalized spacial score (nSPS) is 15.1. The fourth-order valence-corrected chi connectivity index (χ4v) is 3.52. The summed E-state index contributed by atoms with van der Waals surface area (Å²) in [6.45, 7) is 15.7. The van der Waals surface area contributed by atoms with Crippen LogP contribution in [-0.2, 0) is 19.2 Å². The first-order chi connectivity index (χ1) is 14.5. The third kappa shape index (κ3) is 11.3.